The second-order valence-electron chi connectivity index (χ2n) is 9.40. The fourth-order valence-electron chi connectivity index (χ4n) is 4.85. The molecule has 0 spiro atoms. The number of halogens is 3. The van der Waals surface area contributed by atoms with E-state index in [2.05, 4.69) is 25.4 Å². The molecule has 15 heteroatoms. The van der Waals surface area contributed by atoms with E-state index in [1.807, 2.05) is 25.1 Å². The lowest BCUT2D eigenvalue weighted by molar-refractivity contribution is -0.210. The van der Waals surface area contributed by atoms with Crippen LogP contribution in [0.2, 0.25) is 10.0 Å². The summed E-state index contributed by atoms with van der Waals surface area (Å²) in [7, 11) is 0. The van der Waals surface area contributed by atoms with Crippen LogP contribution in [0.15, 0.2) is 36.5 Å². The third kappa shape index (κ3) is 4.67. The summed E-state index contributed by atoms with van der Waals surface area (Å²) < 4.78 is 23.9. The number of benzene rings is 2. The van der Waals surface area contributed by atoms with Crippen LogP contribution in [-0.2, 0) is 4.74 Å². The summed E-state index contributed by atoms with van der Waals surface area (Å²) in [6, 6.07) is 7.11. The Morgan fingerprint density at radius 1 is 1.10 bits per heavy atom. The average Bonchev–Trinajstić information content (AvgIpc) is 3.64. The number of aromatic nitrogens is 7. The van der Waals surface area contributed by atoms with Gasteiger partial charge in [-0.2, -0.15) is 5.10 Å². The Morgan fingerprint density at radius 3 is 2.65 bits per heavy atom. The summed E-state index contributed by atoms with van der Waals surface area (Å²) in [5.74, 6) is -0.0289. The van der Waals surface area contributed by atoms with E-state index in [0.29, 0.717) is 17.1 Å². The summed E-state index contributed by atoms with van der Waals surface area (Å²) in [5, 5.41) is 46.0. The molecule has 3 aromatic heterocycles. The van der Waals surface area contributed by atoms with Crippen molar-refractivity contribution >= 4 is 44.8 Å². The Bertz CT molecular complexity index is 1700. The number of fused-ring (bicyclic) bond motifs is 1. The highest BCUT2D eigenvalue weighted by molar-refractivity contribution is 7.18. The minimum Gasteiger partial charge on any atom is -0.394 e. The van der Waals surface area contributed by atoms with Gasteiger partial charge in [0.05, 0.1) is 43.8 Å². The molecule has 5 atom stereocenters. The van der Waals surface area contributed by atoms with Gasteiger partial charge in [0.2, 0.25) is 0 Å². The number of thiazole rings is 1. The molecule has 2 aromatic carbocycles. The minimum absolute atomic E-state index is 0.000791. The molecule has 5 aromatic rings. The van der Waals surface area contributed by atoms with Gasteiger partial charge in [-0.05, 0) is 44.2 Å². The van der Waals surface area contributed by atoms with Crippen molar-refractivity contribution in [3.8, 4) is 16.9 Å². The normalized spacial score (nSPS) is 23.2. The maximum absolute atomic E-state index is 14.2. The highest BCUT2D eigenvalue weighted by Crippen LogP contribution is 2.39. The zero-order chi connectivity index (χ0) is 28.3. The number of aliphatic hydroxyl groups is 3. The molecule has 4 heterocycles. The first-order valence-electron chi connectivity index (χ1n) is 12.1. The molecule has 208 valence electrons. The van der Waals surface area contributed by atoms with Crippen LogP contribution in [0.3, 0.4) is 0 Å². The number of aryl methyl sites for hydroxylation is 2. The van der Waals surface area contributed by atoms with Gasteiger partial charge in [-0.15, -0.1) is 16.4 Å². The molecular formula is C25H22Cl2FN7O4S. The molecule has 0 aliphatic carbocycles. The number of hydrogen-bond donors (Lipinski definition) is 3. The van der Waals surface area contributed by atoms with Crippen LogP contribution in [0, 0.1) is 19.7 Å². The monoisotopic (exact) mass is 605 g/mol. The van der Waals surface area contributed by atoms with E-state index in [1.54, 1.807) is 11.6 Å². The van der Waals surface area contributed by atoms with Crippen LogP contribution in [0.5, 0.6) is 0 Å². The smallest absolute Gasteiger partial charge is 0.164 e. The summed E-state index contributed by atoms with van der Waals surface area (Å²) >= 11 is 13.4. The van der Waals surface area contributed by atoms with E-state index >= 15 is 0 Å². The van der Waals surface area contributed by atoms with Crippen LogP contribution in [0.4, 0.5) is 4.39 Å². The van der Waals surface area contributed by atoms with Crippen molar-refractivity contribution in [3.05, 3.63) is 69.0 Å². The fraction of sp³-hybridized carbons (Fsp3) is 0.320. The molecule has 6 rings (SSSR count). The SMILES string of the molecule is Cc1nc([C@@H]2O[C@H](CO)[C@H](O)[C@H](n3cc(-c4cc(F)c(Cl)c(Cl)c4)nn3)[C@H]2O)n(-c2ccc3nc(C)sc3c2)n1. The predicted molar refractivity (Wildman–Crippen MR) is 145 cm³/mol. The molecular weight excluding hydrogens is 584 g/mol. The molecule has 1 aliphatic heterocycles. The standard InChI is InChI=1S/C25H22Cl2FN7O4S/c1-10-29-25(35(32-10)13-3-4-16-19(7-13)40-11(2)30-16)24-23(38)21(22(37)18(9-36)39-24)34-8-17(31-33-34)12-5-14(26)20(27)15(28)6-12/h3-8,18,21-24,36-38H,9H2,1-2H3/t18-,21+,22+,23-,24-/m1/s1. The van der Waals surface area contributed by atoms with Crippen molar-refractivity contribution in [3.63, 3.8) is 0 Å². The van der Waals surface area contributed by atoms with Gasteiger partial charge in [0, 0.05) is 5.56 Å². The lowest BCUT2D eigenvalue weighted by atomic mass is 9.92. The lowest BCUT2D eigenvalue weighted by Gasteiger charge is -2.41. The lowest BCUT2D eigenvalue weighted by Crippen LogP contribution is -2.53. The number of aliphatic hydroxyl groups excluding tert-OH is 3. The Morgan fingerprint density at radius 2 is 1.90 bits per heavy atom. The van der Waals surface area contributed by atoms with Crippen molar-refractivity contribution in [2.24, 2.45) is 0 Å². The minimum atomic E-state index is -1.39. The van der Waals surface area contributed by atoms with Gasteiger partial charge in [-0.3, -0.25) is 0 Å². The van der Waals surface area contributed by atoms with Crippen molar-refractivity contribution in [2.75, 3.05) is 6.61 Å². The highest BCUT2D eigenvalue weighted by atomic mass is 35.5. The predicted octanol–water partition coefficient (Wildman–Crippen LogP) is 3.59. The molecule has 1 aliphatic rings. The van der Waals surface area contributed by atoms with Crippen LogP contribution in [0.25, 0.3) is 27.2 Å². The third-order valence-corrected chi connectivity index (χ3v) is 8.42. The largest absolute Gasteiger partial charge is 0.394 e. The Kier molecular flexibility index (Phi) is 7.07. The van der Waals surface area contributed by atoms with Gasteiger partial charge < -0.3 is 20.1 Å². The molecule has 0 radical (unpaired) electrons. The number of hydrogen-bond acceptors (Lipinski definition) is 10. The second-order valence-corrected chi connectivity index (χ2v) is 11.4. The van der Waals surface area contributed by atoms with Crippen LogP contribution in [-0.4, -0.2) is 75.0 Å². The van der Waals surface area contributed by atoms with Crippen LogP contribution < -0.4 is 0 Å². The van der Waals surface area contributed by atoms with Gasteiger partial charge in [0.15, 0.2) is 5.82 Å². The van der Waals surface area contributed by atoms with Crippen molar-refractivity contribution in [1.29, 1.82) is 0 Å². The van der Waals surface area contributed by atoms with Gasteiger partial charge >= 0.3 is 0 Å². The first-order chi connectivity index (χ1) is 19.1. The number of nitrogens with zero attached hydrogens (tertiary/aromatic N) is 7. The molecule has 3 N–H and O–H groups in total. The second kappa shape index (κ2) is 10.4. The van der Waals surface area contributed by atoms with E-state index in [0.717, 1.165) is 21.3 Å². The van der Waals surface area contributed by atoms with E-state index in [4.69, 9.17) is 27.9 Å². The van der Waals surface area contributed by atoms with Crippen LogP contribution in [0.1, 0.15) is 28.8 Å². The Hall–Kier alpha value is -3.04. The quantitative estimate of drug-likeness (QED) is 0.256. The summed E-state index contributed by atoms with van der Waals surface area (Å²) in [6.07, 6.45) is -3.53. The van der Waals surface area contributed by atoms with Crippen molar-refractivity contribution in [1.82, 2.24) is 34.7 Å². The molecule has 11 nitrogen and oxygen atoms in total. The summed E-state index contributed by atoms with van der Waals surface area (Å²) in [6.45, 7) is 3.09. The highest BCUT2D eigenvalue weighted by Gasteiger charge is 2.48. The zero-order valence-corrected chi connectivity index (χ0v) is 23.3. The van der Waals surface area contributed by atoms with Crippen molar-refractivity contribution in [2.45, 2.75) is 44.3 Å². The fourth-order valence-corrected chi connectivity index (χ4v) is 6.03. The molecule has 40 heavy (non-hydrogen) atoms. The van der Waals surface area contributed by atoms with E-state index in [1.165, 1.54) is 28.3 Å². The molecule has 1 saturated heterocycles. The van der Waals surface area contributed by atoms with Gasteiger partial charge in [0.1, 0.15) is 47.8 Å². The zero-order valence-electron chi connectivity index (χ0n) is 21.0. The number of rotatable bonds is 5. The molecule has 0 bridgehead atoms. The van der Waals surface area contributed by atoms with Crippen LogP contribution >= 0.6 is 34.5 Å². The molecule has 0 unspecified atom stereocenters. The van der Waals surface area contributed by atoms with E-state index in [-0.39, 0.29) is 21.6 Å². The molecule has 0 amide bonds. The third-order valence-electron chi connectivity index (χ3n) is 6.70. The van der Waals surface area contributed by atoms with Gasteiger partial charge in [0.25, 0.3) is 0 Å². The van der Waals surface area contributed by atoms with Gasteiger partial charge in [-0.25, -0.2) is 23.7 Å². The molecule has 1 fully saturated rings. The van der Waals surface area contributed by atoms with E-state index in [9.17, 15) is 19.7 Å². The first-order valence-corrected chi connectivity index (χ1v) is 13.7. The Labute approximate surface area is 240 Å². The first kappa shape index (κ1) is 27.1. The summed E-state index contributed by atoms with van der Waals surface area (Å²) in [5.41, 5.74) is 2.06. The van der Waals surface area contributed by atoms with E-state index < -0.39 is 42.9 Å². The van der Waals surface area contributed by atoms with Crippen molar-refractivity contribution < 1.29 is 24.4 Å². The molecule has 0 saturated carbocycles. The van der Waals surface area contributed by atoms with Gasteiger partial charge in [-0.1, -0.05) is 28.4 Å². The maximum atomic E-state index is 14.2. The topological polar surface area (TPSA) is 144 Å². The maximum Gasteiger partial charge on any atom is 0.164 e. The average molecular weight is 606 g/mol. The number of ether oxygens (including phenoxy) is 1. The summed E-state index contributed by atoms with van der Waals surface area (Å²) in [4.78, 5) is 9.02. The Balaban J connectivity index is 1.39.